The van der Waals surface area contributed by atoms with E-state index in [0.717, 1.165) is 6.42 Å². The molecule has 0 aliphatic heterocycles. The zero-order valence-electron chi connectivity index (χ0n) is 14.2. The summed E-state index contributed by atoms with van der Waals surface area (Å²) in [6.45, 7) is 1.19. The molecule has 0 heterocycles. The Bertz CT molecular complexity index is 435. The molecule has 10 nitrogen and oxygen atoms in total. The molecule has 10 heteroatoms. The first kappa shape index (κ1) is 27.3. The molecule has 11 N–H and O–H groups in total. The normalized spacial score (nSPS) is 9.64. The number of benzene rings is 1. The van der Waals surface area contributed by atoms with E-state index < -0.39 is 17.9 Å². The number of carbonyl (C=O) groups is 3. The van der Waals surface area contributed by atoms with Crippen molar-refractivity contribution in [2.24, 2.45) is 22.9 Å². The number of carboxylic acid groups (broad SMARTS) is 3. The minimum absolute atomic E-state index is 0.266. The van der Waals surface area contributed by atoms with Gasteiger partial charge in [0, 0.05) is 6.04 Å². The number of rotatable bonds is 5. The van der Waals surface area contributed by atoms with E-state index in [2.05, 4.69) is 29.3 Å². The van der Waals surface area contributed by atoms with Crippen LogP contribution in [0.3, 0.4) is 0 Å². The van der Waals surface area contributed by atoms with E-state index in [1.807, 2.05) is 25.1 Å². The predicted octanol–water partition coefficient (Wildman–Crippen LogP) is -1.33. The molecule has 1 aromatic rings. The van der Waals surface area contributed by atoms with Crippen LogP contribution >= 0.6 is 0 Å². The van der Waals surface area contributed by atoms with Crippen LogP contribution in [0.5, 0.6) is 0 Å². The van der Waals surface area contributed by atoms with Gasteiger partial charge in [0.1, 0.15) is 0 Å². The molecule has 1 unspecified atom stereocenters. The summed E-state index contributed by atoms with van der Waals surface area (Å²) in [5, 5.41) is 22.8. The summed E-state index contributed by atoms with van der Waals surface area (Å²) in [4.78, 5) is 27.7. The van der Waals surface area contributed by atoms with Crippen molar-refractivity contribution in [1.29, 1.82) is 0 Å². The fourth-order valence-electron chi connectivity index (χ4n) is 0.986. The molecule has 25 heavy (non-hydrogen) atoms. The second kappa shape index (κ2) is 19.5. The second-order valence-electron chi connectivity index (χ2n) is 4.46. The molecular formula is C15H28N4O6. The Kier molecular flexibility index (Phi) is 21.3. The zero-order valence-corrected chi connectivity index (χ0v) is 14.2. The summed E-state index contributed by atoms with van der Waals surface area (Å²) >= 11 is 0. The van der Waals surface area contributed by atoms with Gasteiger partial charge in [-0.2, -0.15) is 0 Å². The first-order valence-electron chi connectivity index (χ1n) is 7.15. The average Bonchev–Trinajstić information content (AvgIpc) is 2.56. The summed E-state index contributed by atoms with van der Waals surface area (Å²) in [5.41, 5.74) is 20.7. The molecular weight excluding hydrogens is 332 g/mol. The summed E-state index contributed by atoms with van der Waals surface area (Å²) in [6.07, 6.45) is 0.973. The van der Waals surface area contributed by atoms with Gasteiger partial charge in [0.2, 0.25) is 0 Å². The Hall–Kier alpha value is -2.53. The molecule has 0 aliphatic rings. The van der Waals surface area contributed by atoms with E-state index in [1.54, 1.807) is 0 Å². The van der Waals surface area contributed by atoms with Crippen molar-refractivity contribution in [3.63, 3.8) is 0 Å². The maximum Gasteiger partial charge on any atom is 0.317 e. The van der Waals surface area contributed by atoms with Gasteiger partial charge in [-0.3, -0.25) is 14.4 Å². The van der Waals surface area contributed by atoms with E-state index in [9.17, 15) is 14.4 Å². The minimum Gasteiger partial charge on any atom is -0.480 e. The maximum absolute atomic E-state index is 9.24. The highest BCUT2D eigenvalue weighted by molar-refractivity contribution is 5.69. The summed E-state index contributed by atoms with van der Waals surface area (Å²) in [6, 6.07) is 10.6. The Labute approximate surface area is 146 Å². The van der Waals surface area contributed by atoms with Crippen LogP contribution in [-0.4, -0.2) is 58.9 Å². The molecule has 0 saturated carbocycles. The average molecular weight is 360 g/mol. The van der Waals surface area contributed by atoms with Crippen LogP contribution in [0.4, 0.5) is 0 Å². The van der Waals surface area contributed by atoms with Gasteiger partial charge >= 0.3 is 17.9 Å². The summed E-state index contributed by atoms with van der Waals surface area (Å²) in [5.74, 6) is -2.90. The van der Waals surface area contributed by atoms with Gasteiger partial charge in [0.15, 0.2) is 0 Å². The first-order valence-corrected chi connectivity index (χ1v) is 7.15. The van der Waals surface area contributed by atoms with Crippen molar-refractivity contribution in [2.45, 2.75) is 19.4 Å². The molecule has 0 aliphatic carbocycles. The Morgan fingerprint density at radius 1 is 0.840 bits per heavy atom. The largest absolute Gasteiger partial charge is 0.480 e. The molecule has 144 valence electrons. The number of hydrogen-bond donors (Lipinski definition) is 7. The van der Waals surface area contributed by atoms with E-state index in [0.29, 0.717) is 0 Å². The van der Waals surface area contributed by atoms with Crippen LogP contribution in [0, 0.1) is 0 Å². The van der Waals surface area contributed by atoms with Crippen molar-refractivity contribution in [3.8, 4) is 0 Å². The van der Waals surface area contributed by atoms with Gasteiger partial charge in [-0.25, -0.2) is 0 Å². The Morgan fingerprint density at radius 3 is 1.32 bits per heavy atom. The third kappa shape index (κ3) is 34.0. The van der Waals surface area contributed by atoms with Crippen molar-refractivity contribution in [3.05, 3.63) is 35.9 Å². The van der Waals surface area contributed by atoms with Gasteiger partial charge in [-0.1, -0.05) is 30.3 Å². The van der Waals surface area contributed by atoms with Crippen LogP contribution in [0.25, 0.3) is 0 Å². The Morgan fingerprint density at radius 2 is 1.12 bits per heavy atom. The quantitative estimate of drug-likeness (QED) is 0.328. The van der Waals surface area contributed by atoms with Crippen molar-refractivity contribution in [1.82, 2.24) is 0 Å². The third-order valence-corrected chi connectivity index (χ3v) is 1.92. The number of aliphatic carboxylic acids is 3. The first-order chi connectivity index (χ1) is 11.6. The van der Waals surface area contributed by atoms with E-state index in [1.165, 1.54) is 5.56 Å². The minimum atomic E-state index is -0.968. The highest BCUT2D eigenvalue weighted by atomic mass is 16.4. The molecule has 0 bridgehead atoms. The summed E-state index contributed by atoms with van der Waals surface area (Å²) < 4.78 is 0. The maximum atomic E-state index is 9.24. The molecule has 0 fully saturated rings. The van der Waals surface area contributed by atoms with Crippen LogP contribution < -0.4 is 22.9 Å². The highest BCUT2D eigenvalue weighted by Gasteiger charge is 1.94. The number of nitrogens with two attached hydrogens (primary N) is 4. The zero-order chi connectivity index (χ0) is 20.3. The molecule has 0 amide bonds. The molecule has 1 aromatic carbocycles. The van der Waals surface area contributed by atoms with Gasteiger partial charge in [-0.05, 0) is 18.9 Å². The molecule has 0 saturated heterocycles. The lowest BCUT2D eigenvalue weighted by molar-refractivity contribution is -0.136. The van der Waals surface area contributed by atoms with Gasteiger partial charge < -0.3 is 38.3 Å². The fraction of sp³-hybridized carbons (Fsp3) is 0.400. The molecule has 1 atom stereocenters. The monoisotopic (exact) mass is 360 g/mol. The SMILES string of the molecule is CC(N)Cc1ccccc1.NCC(=O)O.NCC(=O)O.NCC(=O)O. The lowest BCUT2D eigenvalue weighted by atomic mass is 10.1. The predicted molar refractivity (Wildman–Crippen MR) is 93.9 cm³/mol. The Balaban J connectivity index is -0.000000279. The van der Waals surface area contributed by atoms with E-state index in [4.69, 9.17) is 21.1 Å². The summed E-state index contributed by atoms with van der Waals surface area (Å²) in [7, 11) is 0. The van der Waals surface area contributed by atoms with Gasteiger partial charge in [0.05, 0.1) is 19.6 Å². The van der Waals surface area contributed by atoms with Crippen LogP contribution in [0.15, 0.2) is 30.3 Å². The lowest BCUT2D eigenvalue weighted by Gasteiger charge is -2.02. The molecule has 1 rings (SSSR count). The lowest BCUT2D eigenvalue weighted by Crippen LogP contribution is -2.17. The van der Waals surface area contributed by atoms with Crippen molar-refractivity contribution >= 4 is 17.9 Å². The topological polar surface area (TPSA) is 216 Å². The van der Waals surface area contributed by atoms with E-state index >= 15 is 0 Å². The third-order valence-electron chi connectivity index (χ3n) is 1.92. The van der Waals surface area contributed by atoms with Crippen LogP contribution in [-0.2, 0) is 20.8 Å². The molecule has 0 aromatic heterocycles. The standard InChI is InChI=1S/C9H13N.3C2H5NO2/c1-8(10)7-9-5-3-2-4-6-9;3*3-1-2(4)5/h2-6,8H,7,10H2,1H3;3*1,3H2,(H,4,5). The molecule has 0 radical (unpaired) electrons. The van der Waals surface area contributed by atoms with E-state index in [-0.39, 0.29) is 25.7 Å². The number of carboxylic acids is 3. The molecule has 0 spiro atoms. The number of hydrogen-bond acceptors (Lipinski definition) is 7. The van der Waals surface area contributed by atoms with Gasteiger partial charge in [-0.15, -0.1) is 0 Å². The smallest absolute Gasteiger partial charge is 0.317 e. The highest BCUT2D eigenvalue weighted by Crippen LogP contribution is 2.00. The van der Waals surface area contributed by atoms with Crippen LogP contribution in [0.2, 0.25) is 0 Å². The fourth-order valence-corrected chi connectivity index (χ4v) is 0.986. The van der Waals surface area contributed by atoms with Gasteiger partial charge in [0.25, 0.3) is 0 Å². The van der Waals surface area contributed by atoms with Crippen molar-refractivity contribution in [2.75, 3.05) is 19.6 Å². The second-order valence-corrected chi connectivity index (χ2v) is 4.46. The van der Waals surface area contributed by atoms with Crippen LogP contribution in [0.1, 0.15) is 12.5 Å². The van der Waals surface area contributed by atoms with Crippen molar-refractivity contribution < 1.29 is 29.7 Å².